The van der Waals surface area contributed by atoms with Crippen molar-refractivity contribution in [2.75, 3.05) is 6.61 Å². The van der Waals surface area contributed by atoms with Gasteiger partial charge in [0.1, 0.15) is 6.10 Å². The molecule has 0 aromatic rings. The third kappa shape index (κ3) is 26.0. The van der Waals surface area contributed by atoms with Crippen LogP contribution >= 0.6 is 0 Å². The van der Waals surface area contributed by atoms with E-state index in [0.717, 1.165) is 70.6 Å². The van der Waals surface area contributed by atoms with Gasteiger partial charge in [0, 0.05) is 12.8 Å². The largest absolute Gasteiger partial charge is 0.466 e. The number of hydrogen-bond donors (Lipinski definition) is 0. The Morgan fingerprint density at radius 3 is 1.31 bits per heavy atom. The van der Waals surface area contributed by atoms with Crippen molar-refractivity contribution in [1.29, 1.82) is 0 Å². The fourth-order valence-corrected chi connectivity index (χ4v) is 4.77. The minimum Gasteiger partial charge on any atom is -0.466 e. The zero-order valence-electron chi connectivity index (χ0n) is 24.6. The first-order chi connectivity index (χ1) is 17.6. The molecule has 0 aromatic heterocycles. The van der Waals surface area contributed by atoms with Crippen LogP contribution in [0.2, 0.25) is 0 Å². The van der Waals surface area contributed by atoms with E-state index in [2.05, 4.69) is 20.8 Å². The molecule has 0 spiro atoms. The van der Waals surface area contributed by atoms with E-state index in [0.29, 0.717) is 19.4 Å². The molecule has 0 atom stereocenters. The van der Waals surface area contributed by atoms with Crippen molar-refractivity contribution in [1.82, 2.24) is 0 Å². The van der Waals surface area contributed by atoms with Crippen molar-refractivity contribution in [2.45, 2.75) is 187 Å². The average Bonchev–Trinajstić information content (AvgIpc) is 2.86. The number of hydrogen-bond acceptors (Lipinski definition) is 4. The molecule has 0 rings (SSSR count). The molecule has 4 heteroatoms. The van der Waals surface area contributed by atoms with Gasteiger partial charge in [-0.1, -0.05) is 136 Å². The molecule has 0 radical (unpaired) electrons. The van der Waals surface area contributed by atoms with Gasteiger partial charge >= 0.3 is 11.9 Å². The third-order valence-corrected chi connectivity index (χ3v) is 7.04. The van der Waals surface area contributed by atoms with Crippen LogP contribution in [0.25, 0.3) is 0 Å². The molecular formula is C32H62O4. The number of carbonyl (C=O) groups is 2. The maximum atomic E-state index is 12.0. The molecule has 0 heterocycles. The summed E-state index contributed by atoms with van der Waals surface area (Å²) in [6.45, 7) is 7.13. The molecule has 0 aliphatic carbocycles. The fourth-order valence-electron chi connectivity index (χ4n) is 4.77. The van der Waals surface area contributed by atoms with Crippen LogP contribution in [-0.2, 0) is 19.1 Å². The van der Waals surface area contributed by atoms with Crippen LogP contribution < -0.4 is 0 Å². The first-order valence-electron chi connectivity index (χ1n) is 16.0. The Labute approximate surface area is 225 Å². The molecule has 0 aliphatic heterocycles. The Kier molecular flexibility index (Phi) is 27.7. The highest BCUT2D eigenvalue weighted by atomic mass is 16.5. The number of unbranched alkanes of at least 4 members (excludes halogenated alkanes) is 17. The highest BCUT2D eigenvalue weighted by molar-refractivity contribution is 5.69. The minimum atomic E-state index is -0.0367. The highest BCUT2D eigenvalue weighted by Crippen LogP contribution is 2.14. The van der Waals surface area contributed by atoms with E-state index in [1.807, 2.05) is 0 Å². The van der Waals surface area contributed by atoms with Gasteiger partial charge in [0.05, 0.1) is 6.61 Å². The van der Waals surface area contributed by atoms with Crippen LogP contribution in [0.3, 0.4) is 0 Å². The van der Waals surface area contributed by atoms with Gasteiger partial charge in [-0.05, 0) is 32.1 Å². The number of esters is 2. The number of ether oxygens (including phenoxy) is 2. The van der Waals surface area contributed by atoms with Crippen LogP contribution in [0.15, 0.2) is 0 Å². The third-order valence-electron chi connectivity index (χ3n) is 7.04. The summed E-state index contributed by atoms with van der Waals surface area (Å²) >= 11 is 0. The van der Waals surface area contributed by atoms with E-state index in [-0.39, 0.29) is 18.0 Å². The quantitative estimate of drug-likeness (QED) is 0.0775. The van der Waals surface area contributed by atoms with Gasteiger partial charge in [-0.25, -0.2) is 0 Å². The average molecular weight is 511 g/mol. The van der Waals surface area contributed by atoms with Gasteiger partial charge in [-0.15, -0.1) is 0 Å². The highest BCUT2D eigenvalue weighted by Gasteiger charge is 2.12. The maximum absolute atomic E-state index is 12.0. The summed E-state index contributed by atoms with van der Waals surface area (Å²) in [7, 11) is 0. The molecule has 0 aliphatic rings. The first kappa shape index (κ1) is 34.9. The summed E-state index contributed by atoms with van der Waals surface area (Å²) in [5.41, 5.74) is 0. The Hall–Kier alpha value is -1.06. The van der Waals surface area contributed by atoms with Crippen molar-refractivity contribution in [3.8, 4) is 0 Å². The van der Waals surface area contributed by atoms with Crippen LogP contribution in [0.1, 0.15) is 181 Å². The van der Waals surface area contributed by atoms with Crippen molar-refractivity contribution < 1.29 is 19.1 Å². The van der Waals surface area contributed by atoms with Crippen LogP contribution in [0, 0.1) is 0 Å². The zero-order valence-corrected chi connectivity index (χ0v) is 24.6. The monoisotopic (exact) mass is 510 g/mol. The number of rotatable bonds is 28. The van der Waals surface area contributed by atoms with E-state index in [1.54, 1.807) is 0 Å². The van der Waals surface area contributed by atoms with E-state index >= 15 is 0 Å². The van der Waals surface area contributed by atoms with E-state index in [9.17, 15) is 9.59 Å². The summed E-state index contributed by atoms with van der Waals surface area (Å²) < 4.78 is 11.0. The summed E-state index contributed by atoms with van der Waals surface area (Å²) in [4.78, 5) is 23.9. The topological polar surface area (TPSA) is 52.6 Å². The smallest absolute Gasteiger partial charge is 0.306 e. The molecule has 0 bridgehead atoms. The summed E-state index contributed by atoms with van der Waals surface area (Å²) in [5, 5.41) is 0. The molecule has 214 valence electrons. The second-order valence-corrected chi connectivity index (χ2v) is 10.8. The molecule has 0 unspecified atom stereocenters. The molecule has 0 N–H and O–H groups in total. The summed E-state index contributed by atoms with van der Waals surface area (Å²) in [6.07, 6.45) is 28.8. The second kappa shape index (κ2) is 28.5. The zero-order chi connectivity index (χ0) is 26.5. The van der Waals surface area contributed by atoms with Gasteiger partial charge in [0.15, 0.2) is 0 Å². The molecule has 4 nitrogen and oxygen atoms in total. The molecule has 0 amide bonds. The van der Waals surface area contributed by atoms with Gasteiger partial charge in [0.2, 0.25) is 0 Å². The fraction of sp³-hybridized carbons (Fsp3) is 0.938. The Bertz CT molecular complexity index is 471. The van der Waals surface area contributed by atoms with Crippen LogP contribution in [-0.4, -0.2) is 24.6 Å². The van der Waals surface area contributed by atoms with Crippen LogP contribution in [0.4, 0.5) is 0 Å². The Balaban J connectivity index is 3.35. The van der Waals surface area contributed by atoms with Gasteiger partial charge in [-0.2, -0.15) is 0 Å². The van der Waals surface area contributed by atoms with Crippen LogP contribution in [0.5, 0.6) is 0 Å². The van der Waals surface area contributed by atoms with E-state index in [4.69, 9.17) is 9.47 Å². The minimum absolute atomic E-state index is 0.0341. The SMILES string of the molecule is CCCCCCCCCCCCCCCOC(=O)CCCCCCCCC(=O)OC(CCC)CCC. The molecule has 0 fully saturated rings. The lowest BCUT2D eigenvalue weighted by molar-refractivity contribution is -0.150. The van der Waals surface area contributed by atoms with Crippen molar-refractivity contribution >= 4 is 11.9 Å². The van der Waals surface area contributed by atoms with Crippen molar-refractivity contribution in [2.24, 2.45) is 0 Å². The molecule has 0 saturated carbocycles. The normalized spacial score (nSPS) is 11.2. The van der Waals surface area contributed by atoms with Crippen molar-refractivity contribution in [3.63, 3.8) is 0 Å². The van der Waals surface area contributed by atoms with E-state index in [1.165, 1.54) is 77.0 Å². The molecule has 36 heavy (non-hydrogen) atoms. The summed E-state index contributed by atoms with van der Waals surface area (Å²) in [5.74, 6) is -0.0708. The predicted octanol–water partition coefficient (Wildman–Crippen LogP) is 10.3. The predicted molar refractivity (Wildman–Crippen MR) is 153 cm³/mol. The number of carbonyl (C=O) groups excluding carboxylic acids is 2. The lowest BCUT2D eigenvalue weighted by Crippen LogP contribution is -2.17. The van der Waals surface area contributed by atoms with Gasteiger partial charge in [-0.3, -0.25) is 9.59 Å². The standard InChI is InChI=1S/C32H62O4/c1-4-7-8-9-10-11-12-13-14-15-18-21-24-29-35-31(33)27-22-19-16-17-20-23-28-32(34)36-30(25-5-2)26-6-3/h30H,4-29H2,1-3H3. The Morgan fingerprint density at radius 2 is 0.861 bits per heavy atom. The van der Waals surface area contributed by atoms with E-state index < -0.39 is 0 Å². The molecule has 0 aromatic carbocycles. The maximum Gasteiger partial charge on any atom is 0.306 e. The van der Waals surface area contributed by atoms with Gasteiger partial charge in [0.25, 0.3) is 0 Å². The molecule has 0 saturated heterocycles. The van der Waals surface area contributed by atoms with Gasteiger partial charge < -0.3 is 9.47 Å². The lowest BCUT2D eigenvalue weighted by Gasteiger charge is -2.16. The molecular weight excluding hydrogens is 448 g/mol. The van der Waals surface area contributed by atoms with Crippen molar-refractivity contribution in [3.05, 3.63) is 0 Å². The summed E-state index contributed by atoms with van der Waals surface area (Å²) in [6, 6.07) is 0. The Morgan fingerprint density at radius 1 is 0.472 bits per heavy atom. The second-order valence-electron chi connectivity index (χ2n) is 10.8. The first-order valence-corrected chi connectivity index (χ1v) is 16.0. The lowest BCUT2D eigenvalue weighted by atomic mass is 10.0.